The molecule has 0 aliphatic heterocycles. The van der Waals surface area contributed by atoms with E-state index in [0.717, 1.165) is 18.2 Å². The summed E-state index contributed by atoms with van der Waals surface area (Å²) >= 11 is 0. The van der Waals surface area contributed by atoms with Crippen LogP contribution in [0.1, 0.15) is 0 Å². The van der Waals surface area contributed by atoms with Gasteiger partial charge in [0.2, 0.25) is 0 Å². The van der Waals surface area contributed by atoms with Crippen molar-refractivity contribution in [1.82, 2.24) is 0 Å². The summed E-state index contributed by atoms with van der Waals surface area (Å²) in [7, 11) is 1.52. The van der Waals surface area contributed by atoms with Crippen molar-refractivity contribution in [3.05, 3.63) is 54.1 Å². The first-order valence-corrected chi connectivity index (χ1v) is 7.16. The zero-order chi connectivity index (χ0) is 18.2. The van der Waals surface area contributed by atoms with Crippen molar-refractivity contribution in [1.29, 1.82) is 0 Å². The Morgan fingerprint density at radius 1 is 0.960 bits per heavy atom. The minimum absolute atomic E-state index is 0.413. The number of hydrogen-bond donors (Lipinski definition) is 1. The molecule has 1 amide bonds. The van der Waals surface area contributed by atoms with Crippen molar-refractivity contribution in [2.24, 2.45) is 0 Å². The molecule has 1 N–H and O–H groups in total. The summed E-state index contributed by atoms with van der Waals surface area (Å²) in [5.74, 6) is -2.49. The van der Waals surface area contributed by atoms with Crippen molar-refractivity contribution < 1.29 is 32.6 Å². The highest BCUT2D eigenvalue weighted by molar-refractivity contribution is 5.93. The first-order chi connectivity index (χ1) is 12.0. The molecule has 2 aromatic carbocycles. The van der Waals surface area contributed by atoms with Gasteiger partial charge in [-0.2, -0.15) is 0 Å². The predicted molar refractivity (Wildman–Crippen MR) is 84.4 cm³/mol. The number of anilines is 1. The average molecular weight is 351 g/mol. The lowest BCUT2D eigenvalue weighted by molar-refractivity contribution is -0.149. The molecule has 0 saturated heterocycles. The summed E-state index contributed by atoms with van der Waals surface area (Å²) in [4.78, 5) is 23.1. The maximum Gasteiger partial charge on any atom is 0.344 e. The summed E-state index contributed by atoms with van der Waals surface area (Å²) in [5.41, 5.74) is -0.599. The van der Waals surface area contributed by atoms with Crippen molar-refractivity contribution >= 4 is 17.6 Å². The molecule has 6 nitrogen and oxygen atoms in total. The second kappa shape index (κ2) is 8.62. The smallest absolute Gasteiger partial charge is 0.344 e. The summed E-state index contributed by atoms with van der Waals surface area (Å²) in [6, 6.07) is 9.64. The monoisotopic (exact) mass is 351 g/mol. The number of carbonyl (C=O) groups is 2. The second-order valence-electron chi connectivity index (χ2n) is 4.77. The van der Waals surface area contributed by atoms with Gasteiger partial charge in [-0.1, -0.05) is 6.07 Å². The van der Waals surface area contributed by atoms with Crippen LogP contribution in [0, 0.1) is 11.6 Å². The molecule has 0 saturated carbocycles. The largest absolute Gasteiger partial charge is 0.497 e. The highest BCUT2D eigenvalue weighted by Gasteiger charge is 2.14. The molecule has 0 unspecified atom stereocenters. The lowest BCUT2D eigenvalue weighted by Crippen LogP contribution is -2.24. The van der Waals surface area contributed by atoms with Gasteiger partial charge >= 0.3 is 5.97 Å². The van der Waals surface area contributed by atoms with Gasteiger partial charge in [-0.15, -0.1) is 0 Å². The van der Waals surface area contributed by atoms with Crippen LogP contribution in [0.5, 0.6) is 11.5 Å². The van der Waals surface area contributed by atoms with Crippen LogP contribution in [-0.2, 0) is 14.3 Å². The van der Waals surface area contributed by atoms with Crippen LogP contribution < -0.4 is 14.8 Å². The molecule has 0 fully saturated rings. The van der Waals surface area contributed by atoms with Gasteiger partial charge in [-0.05, 0) is 36.4 Å². The van der Waals surface area contributed by atoms with Crippen molar-refractivity contribution in [2.45, 2.75) is 0 Å². The SMILES string of the molecule is COc1ccc(OCC(=O)OCC(=O)Nc2c(F)cccc2F)cc1. The molecule has 0 bridgehead atoms. The molecule has 2 rings (SSSR count). The van der Waals surface area contributed by atoms with E-state index in [0.29, 0.717) is 11.5 Å². The number of para-hydroxylation sites is 1. The summed E-state index contributed by atoms with van der Waals surface area (Å²) < 4.78 is 41.6. The number of esters is 1. The van der Waals surface area contributed by atoms with E-state index in [9.17, 15) is 18.4 Å². The standard InChI is InChI=1S/C17H15F2NO5/c1-23-11-5-7-12(8-6-11)24-10-16(22)25-9-15(21)20-17-13(18)3-2-4-14(17)19/h2-8H,9-10H2,1H3,(H,20,21). The van der Waals surface area contributed by atoms with Gasteiger partial charge in [0.1, 0.15) is 28.8 Å². The van der Waals surface area contributed by atoms with Gasteiger partial charge in [0.25, 0.3) is 5.91 Å². The molecule has 2 aromatic rings. The highest BCUT2D eigenvalue weighted by Crippen LogP contribution is 2.18. The number of methoxy groups -OCH3 is 1. The number of halogens is 2. The molecule has 8 heteroatoms. The highest BCUT2D eigenvalue weighted by atomic mass is 19.1. The van der Waals surface area contributed by atoms with Gasteiger partial charge in [-0.3, -0.25) is 4.79 Å². The van der Waals surface area contributed by atoms with E-state index < -0.39 is 42.4 Å². The average Bonchev–Trinajstić information content (AvgIpc) is 2.62. The third-order valence-electron chi connectivity index (χ3n) is 3.01. The van der Waals surface area contributed by atoms with Gasteiger partial charge in [0.15, 0.2) is 13.2 Å². The van der Waals surface area contributed by atoms with Crippen molar-refractivity contribution in [3.8, 4) is 11.5 Å². The maximum atomic E-state index is 13.4. The molecular formula is C17H15F2NO5. The first-order valence-electron chi connectivity index (χ1n) is 7.16. The fraction of sp³-hybridized carbons (Fsp3) is 0.176. The van der Waals surface area contributed by atoms with E-state index in [-0.39, 0.29) is 0 Å². The Kier molecular flexibility index (Phi) is 6.27. The zero-order valence-electron chi connectivity index (χ0n) is 13.3. The van der Waals surface area contributed by atoms with Crippen molar-refractivity contribution in [3.63, 3.8) is 0 Å². The minimum atomic E-state index is -0.928. The third-order valence-corrected chi connectivity index (χ3v) is 3.01. The van der Waals surface area contributed by atoms with Crippen molar-refractivity contribution in [2.75, 3.05) is 25.6 Å². The van der Waals surface area contributed by atoms with Crippen LogP contribution in [-0.4, -0.2) is 32.2 Å². The Morgan fingerprint density at radius 3 is 2.16 bits per heavy atom. The molecule has 0 spiro atoms. The quantitative estimate of drug-likeness (QED) is 0.776. The number of amides is 1. The van der Waals surface area contributed by atoms with Gasteiger partial charge in [0, 0.05) is 0 Å². The summed E-state index contributed by atoms with van der Waals surface area (Å²) in [5, 5.41) is 2.00. The van der Waals surface area contributed by atoms with E-state index in [1.807, 2.05) is 5.32 Å². The van der Waals surface area contributed by atoms with Crippen LogP contribution in [0.4, 0.5) is 14.5 Å². The fourth-order valence-corrected chi connectivity index (χ4v) is 1.79. The molecule has 0 aliphatic carbocycles. The Morgan fingerprint density at radius 2 is 1.56 bits per heavy atom. The lowest BCUT2D eigenvalue weighted by atomic mass is 10.3. The fourth-order valence-electron chi connectivity index (χ4n) is 1.79. The third kappa shape index (κ3) is 5.45. The molecule has 0 radical (unpaired) electrons. The second-order valence-corrected chi connectivity index (χ2v) is 4.77. The lowest BCUT2D eigenvalue weighted by Gasteiger charge is -2.09. The van der Waals surface area contributed by atoms with Gasteiger partial charge in [-0.25, -0.2) is 13.6 Å². The number of benzene rings is 2. The molecule has 132 valence electrons. The summed E-state index contributed by atoms with van der Waals surface area (Å²) in [6.45, 7) is -1.12. The molecule has 0 aromatic heterocycles. The molecule has 25 heavy (non-hydrogen) atoms. The molecule has 0 heterocycles. The normalized spacial score (nSPS) is 10.0. The topological polar surface area (TPSA) is 73.9 Å². The zero-order valence-corrected chi connectivity index (χ0v) is 13.3. The van der Waals surface area contributed by atoms with E-state index in [1.165, 1.54) is 7.11 Å². The van der Waals surface area contributed by atoms with Crippen LogP contribution in [0.25, 0.3) is 0 Å². The van der Waals surface area contributed by atoms with E-state index in [4.69, 9.17) is 9.47 Å². The molecule has 0 aliphatic rings. The predicted octanol–water partition coefficient (Wildman–Crippen LogP) is 2.53. The Bertz CT molecular complexity index is 729. The van der Waals surface area contributed by atoms with Gasteiger partial charge < -0.3 is 19.5 Å². The van der Waals surface area contributed by atoms with E-state index in [1.54, 1.807) is 24.3 Å². The van der Waals surface area contributed by atoms with Crippen LogP contribution >= 0.6 is 0 Å². The minimum Gasteiger partial charge on any atom is -0.497 e. The Labute approximate surface area is 142 Å². The maximum absolute atomic E-state index is 13.4. The van der Waals surface area contributed by atoms with E-state index in [2.05, 4.69) is 4.74 Å². The summed E-state index contributed by atoms with van der Waals surface area (Å²) in [6.07, 6.45) is 0. The number of hydrogen-bond acceptors (Lipinski definition) is 5. The molecule has 0 atom stereocenters. The number of carbonyl (C=O) groups excluding carboxylic acids is 2. The van der Waals surface area contributed by atoms with Gasteiger partial charge in [0.05, 0.1) is 7.11 Å². The first kappa shape index (κ1) is 18.2. The van der Waals surface area contributed by atoms with Crippen LogP contribution in [0.3, 0.4) is 0 Å². The Hall–Kier alpha value is -3.16. The number of rotatable bonds is 7. The molecular weight excluding hydrogens is 336 g/mol. The van der Waals surface area contributed by atoms with E-state index >= 15 is 0 Å². The number of ether oxygens (including phenoxy) is 3. The number of nitrogens with one attached hydrogen (secondary N) is 1. The van der Waals surface area contributed by atoms with Crippen LogP contribution in [0.15, 0.2) is 42.5 Å². The Balaban J connectivity index is 1.76. The van der Waals surface area contributed by atoms with Crippen LogP contribution in [0.2, 0.25) is 0 Å².